The largest absolute Gasteiger partial charge is 0.471 e. The van der Waals surface area contributed by atoms with Crippen LogP contribution in [0.2, 0.25) is 0 Å². The number of hydrogen-bond donors (Lipinski definition) is 1. The molecule has 2 N–H and O–H groups in total. The van der Waals surface area contributed by atoms with E-state index >= 15 is 0 Å². The van der Waals surface area contributed by atoms with Gasteiger partial charge in [-0.2, -0.15) is 18.2 Å². The van der Waals surface area contributed by atoms with E-state index in [4.69, 9.17) is 4.79 Å². The van der Waals surface area contributed by atoms with Crippen LogP contribution < -0.4 is 5.73 Å². The number of nitrogens with two attached hydrogens (primary N) is 1. The van der Waals surface area contributed by atoms with E-state index in [1.807, 2.05) is 0 Å². The molecule has 1 amide bonds. The predicted octanol–water partition coefficient (Wildman–Crippen LogP) is 1.36. The summed E-state index contributed by atoms with van der Waals surface area (Å²) in [4.78, 5) is 16.1. The summed E-state index contributed by atoms with van der Waals surface area (Å²) >= 11 is 0. The van der Waals surface area contributed by atoms with Gasteiger partial charge in [0.25, 0.3) is 0 Å². The van der Waals surface area contributed by atoms with E-state index in [9.17, 15) is 13.2 Å². The lowest BCUT2D eigenvalue weighted by molar-refractivity contribution is -0.159. The van der Waals surface area contributed by atoms with Crippen LogP contribution >= 0.6 is 0 Å². The van der Waals surface area contributed by atoms with Gasteiger partial charge in [-0.25, -0.2) is 0 Å². The molecular weight excluding hydrogens is 343 g/mol. The minimum absolute atomic E-state index is 0.169. The number of alkyl halides is 3. The Morgan fingerprint density at radius 2 is 2.04 bits per heavy atom. The van der Waals surface area contributed by atoms with Gasteiger partial charge in [0.2, 0.25) is 12.2 Å². The van der Waals surface area contributed by atoms with Crippen molar-refractivity contribution in [2.75, 3.05) is 0 Å². The topological polar surface area (TPSA) is 126 Å². The van der Waals surface area contributed by atoms with Crippen molar-refractivity contribution < 1.29 is 22.5 Å². The lowest BCUT2D eigenvalue weighted by Gasteiger charge is -2.00. The van der Waals surface area contributed by atoms with Gasteiger partial charge < -0.3 is 10.3 Å². The first-order chi connectivity index (χ1) is 11.8. The number of aromatic nitrogens is 6. The molecule has 0 saturated carbocycles. The Bertz CT molecular complexity index is 873. The van der Waals surface area contributed by atoms with Gasteiger partial charge in [0, 0.05) is 18.8 Å². The van der Waals surface area contributed by atoms with Gasteiger partial charge in [-0.1, -0.05) is 10.4 Å². The van der Waals surface area contributed by atoms with Crippen molar-refractivity contribution in [1.82, 2.24) is 30.1 Å². The van der Waals surface area contributed by atoms with Gasteiger partial charge in [0.15, 0.2) is 0 Å². The van der Waals surface area contributed by atoms with Crippen molar-refractivity contribution in [2.45, 2.75) is 13.1 Å². The molecule has 0 radical (unpaired) electrons. The monoisotopic (exact) mass is 355 g/mol. The van der Waals surface area contributed by atoms with Gasteiger partial charge in [0.05, 0.1) is 11.4 Å². The van der Waals surface area contributed by atoms with Crippen LogP contribution in [0.15, 0.2) is 22.9 Å². The lowest BCUT2D eigenvalue weighted by atomic mass is 10.1. The molecule has 3 rings (SSSR count). The lowest BCUT2D eigenvalue weighted by Crippen LogP contribution is -2.04. The SMILES string of the molecule is Cc1c(-c2cc(-c3noc(C(F)(F)F)n3)ccn2)nnn1C.NC=O. The van der Waals surface area contributed by atoms with Gasteiger partial charge in [-0.05, 0) is 19.1 Å². The molecule has 0 aliphatic rings. The average Bonchev–Trinajstić information content (AvgIpc) is 3.17. The Morgan fingerprint density at radius 1 is 1.36 bits per heavy atom. The summed E-state index contributed by atoms with van der Waals surface area (Å²) in [6.45, 7) is 1.81. The van der Waals surface area contributed by atoms with Crippen molar-refractivity contribution in [1.29, 1.82) is 0 Å². The Kier molecular flexibility index (Phi) is 5.10. The van der Waals surface area contributed by atoms with Crippen LogP contribution in [0, 0.1) is 6.92 Å². The van der Waals surface area contributed by atoms with E-state index < -0.39 is 12.1 Å². The fraction of sp³-hybridized carbons (Fsp3) is 0.231. The molecule has 0 aliphatic carbocycles. The smallest absolute Gasteiger partial charge is 0.372 e. The van der Waals surface area contributed by atoms with E-state index in [1.165, 1.54) is 18.3 Å². The molecule has 12 heteroatoms. The number of pyridine rings is 1. The van der Waals surface area contributed by atoms with Crippen LogP contribution in [-0.4, -0.2) is 36.5 Å². The number of hydrogen-bond acceptors (Lipinski definition) is 7. The van der Waals surface area contributed by atoms with E-state index in [0.717, 1.165) is 5.69 Å². The highest BCUT2D eigenvalue weighted by Gasteiger charge is 2.38. The van der Waals surface area contributed by atoms with Crippen molar-refractivity contribution >= 4 is 6.41 Å². The van der Waals surface area contributed by atoms with E-state index in [2.05, 4.69) is 35.7 Å². The summed E-state index contributed by atoms with van der Waals surface area (Å²) in [5, 5.41) is 11.2. The van der Waals surface area contributed by atoms with Crippen LogP contribution in [0.1, 0.15) is 11.6 Å². The number of rotatable bonds is 2. The normalized spacial score (nSPS) is 10.9. The van der Waals surface area contributed by atoms with Gasteiger partial charge in [-0.15, -0.1) is 5.10 Å². The maximum Gasteiger partial charge on any atom is 0.471 e. The molecule has 0 spiro atoms. The summed E-state index contributed by atoms with van der Waals surface area (Å²) in [5.74, 6) is -1.56. The van der Waals surface area contributed by atoms with Crippen LogP contribution in [0.3, 0.4) is 0 Å². The molecule has 0 aromatic carbocycles. The summed E-state index contributed by atoms with van der Waals surface area (Å²) in [7, 11) is 1.73. The second kappa shape index (κ2) is 7.07. The van der Waals surface area contributed by atoms with Crippen molar-refractivity contribution in [2.24, 2.45) is 12.8 Å². The standard InChI is InChI=1S/C12H9F3N6O.CH3NO/c1-6-9(18-20-21(6)2)8-5-7(3-4-16-8)10-17-11(22-19-10)12(13,14)15;2-1-3/h3-5H,1-2H3;1H,(H2,2,3). The molecule has 132 valence electrons. The van der Waals surface area contributed by atoms with Gasteiger partial charge in [-0.3, -0.25) is 14.5 Å². The highest BCUT2D eigenvalue weighted by atomic mass is 19.4. The first-order valence-electron chi connectivity index (χ1n) is 6.67. The highest BCUT2D eigenvalue weighted by molar-refractivity contribution is 5.65. The molecule has 0 unspecified atom stereocenters. The van der Waals surface area contributed by atoms with E-state index in [-0.39, 0.29) is 12.2 Å². The van der Waals surface area contributed by atoms with Crippen LogP contribution in [0.25, 0.3) is 22.8 Å². The molecule has 0 fully saturated rings. The number of primary amides is 1. The Labute approximate surface area is 138 Å². The zero-order valence-corrected chi connectivity index (χ0v) is 13.0. The fourth-order valence-corrected chi connectivity index (χ4v) is 1.80. The maximum atomic E-state index is 12.5. The first kappa shape index (κ1) is 18.0. The Hall–Kier alpha value is -3.31. The molecule has 3 aromatic heterocycles. The van der Waals surface area contributed by atoms with Crippen molar-refractivity contribution in [3.05, 3.63) is 29.9 Å². The molecule has 0 atom stereocenters. The van der Waals surface area contributed by atoms with E-state index in [1.54, 1.807) is 18.7 Å². The molecule has 0 bridgehead atoms. The summed E-state index contributed by atoms with van der Waals surface area (Å²) in [6, 6.07) is 3.02. The molecule has 9 nitrogen and oxygen atoms in total. The molecule has 0 aliphatic heterocycles. The molecule has 25 heavy (non-hydrogen) atoms. The number of carbonyl (C=O) groups excluding carboxylic acids is 1. The molecule has 3 heterocycles. The third-order valence-corrected chi connectivity index (χ3v) is 3.04. The van der Waals surface area contributed by atoms with Crippen molar-refractivity contribution in [3.8, 4) is 22.8 Å². The Balaban J connectivity index is 0.000000701. The summed E-state index contributed by atoms with van der Waals surface area (Å²) in [6.07, 6.45) is -3.00. The minimum atomic E-state index is -4.68. The van der Waals surface area contributed by atoms with E-state index in [0.29, 0.717) is 17.0 Å². The number of amides is 1. The maximum absolute atomic E-state index is 12.5. The minimum Gasteiger partial charge on any atom is -0.372 e. The van der Waals surface area contributed by atoms with Gasteiger partial charge >= 0.3 is 12.1 Å². The second-order valence-corrected chi connectivity index (χ2v) is 4.63. The molecule has 3 aromatic rings. The van der Waals surface area contributed by atoms with Gasteiger partial charge in [0.1, 0.15) is 5.69 Å². The summed E-state index contributed by atoms with van der Waals surface area (Å²) < 4.78 is 43.2. The number of aryl methyl sites for hydroxylation is 1. The number of nitrogens with zero attached hydrogens (tertiary/aromatic N) is 6. The fourth-order valence-electron chi connectivity index (χ4n) is 1.80. The third-order valence-electron chi connectivity index (χ3n) is 3.04. The average molecular weight is 355 g/mol. The zero-order chi connectivity index (χ0) is 18.6. The quantitative estimate of drug-likeness (QED) is 0.688. The predicted molar refractivity (Wildman–Crippen MR) is 77.5 cm³/mol. The third kappa shape index (κ3) is 3.97. The second-order valence-electron chi connectivity index (χ2n) is 4.63. The van der Waals surface area contributed by atoms with Crippen molar-refractivity contribution in [3.63, 3.8) is 0 Å². The zero-order valence-electron chi connectivity index (χ0n) is 13.0. The molecule has 0 saturated heterocycles. The Morgan fingerprint density at radius 3 is 2.56 bits per heavy atom. The highest BCUT2D eigenvalue weighted by Crippen LogP contribution is 2.30. The summed E-state index contributed by atoms with van der Waals surface area (Å²) in [5.41, 5.74) is 6.27. The first-order valence-corrected chi connectivity index (χ1v) is 6.67. The van der Waals surface area contributed by atoms with Crippen LogP contribution in [0.5, 0.6) is 0 Å². The number of carbonyl (C=O) groups is 1. The van der Waals surface area contributed by atoms with Crippen LogP contribution in [0.4, 0.5) is 13.2 Å². The van der Waals surface area contributed by atoms with Crippen LogP contribution in [-0.2, 0) is 18.0 Å². The molecular formula is C13H12F3N7O2. The number of halogens is 3.